The summed E-state index contributed by atoms with van der Waals surface area (Å²) in [5.74, 6) is 0.935. The van der Waals surface area contributed by atoms with E-state index in [1.54, 1.807) is 6.07 Å². The molecule has 128 valence electrons. The van der Waals surface area contributed by atoms with Gasteiger partial charge in [0.25, 0.3) is 0 Å². The highest BCUT2D eigenvalue weighted by Crippen LogP contribution is 2.30. The van der Waals surface area contributed by atoms with E-state index in [4.69, 9.17) is 4.74 Å². The van der Waals surface area contributed by atoms with Crippen LogP contribution in [0.4, 0.5) is 4.39 Å². The van der Waals surface area contributed by atoms with Gasteiger partial charge in [0.1, 0.15) is 11.6 Å². The molecule has 0 bridgehead atoms. The number of rotatable bonds is 7. The van der Waals surface area contributed by atoms with Crippen molar-refractivity contribution in [2.24, 2.45) is 5.92 Å². The van der Waals surface area contributed by atoms with Crippen LogP contribution < -0.4 is 4.74 Å². The minimum Gasteiger partial charge on any atom is -0.493 e. The van der Waals surface area contributed by atoms with Gasteiger partial charge < -0.3 is 4.74 Å². The average molecular weight is 328 g/mol. The molecule has 0 aliphatic rings. The summed E-state index contributed by atoms with van der Waals surface area (Å²) in [5, 5.41) is 0. The van der Waals surface area contributed by atoms with Crippen molar-refractivity contribution < 1.29 is 13.9 Å². The van der Waals surface area contributed by atoms with Crippen LogP contribution in [0, 0.1) is 18.7 Å². The van der Waals surface area contributed by atoms with Gasteiger partial charge >= 0.3 is 0 Å². The molecular formula is C21H25FO2. The number of hydrogen-bond acceptors (Lipinski definition) is 2. The molecule has 0 radical (unpaired) electrons. The summed E-state index contributed by atoms with van der Waals surface area (Å²) in [5.41, 5.74) is 3.23. The van der Waals surface area contributed by atoms with Crippen LogP contribution in [0.25, 0.3) is 11.1 Å². The van der Waals surface area contributed by atoms with E-state index in [9.17, 15) is 9.18 Å². The Morgan fingerprint density at radius 1 is 1.21 bits per heavy atom. The second kappa shape index (κ2) is 8.09. The molecule has 2 rings (SSSR count). The molecule has 0 fully saturated rings. The summed E-state index contributed by atoms with van der Waals surface area (Å²) in [6.45, 7) is 8.35. The summed E-state index contributed by atoms with van der Waals surface area (Å²) in [6, 6.07) is 10.3. The van der Waals surface area contributed by atoms with Gasteiger partial charge in [0.2, 0.25) is 0 Å². The highest BCUT2D eigenvalue weighted by molar-refractivity contribution is 5.98. The zero-order valence-electron chi connectivity index (χ0n) is 14.9. The summed E-state index contributed by atoms with van der Waals surface area (Å²) in [7, 11) is 0. The van der Waals surface area contributed by atoms with E-state index in [0.717, 1.165) is 29.5 Å². The normalized spacial score (nSPS) is 12.0. The van der Waals surface area contributed by atoms with Crippen molar-refractivity contribution in [3.63, 3.8) is 0 Å². The second-order valence-corrected chi connectivity index (χ2v) is 6.38. The Hall–Kier alpha value is -2.16. The zero-order valence-corrected chi connectivity index (χ0v) is 14.9. The Kier molecular flexibility index (Phi) is 6.13. The number of benzene rings is 2. The first-order chi connectivity index (χ1) is 11.4. The van der Waals surface area contributed by atoms with Gasteiger partial charge in [0.15, 0.2) is 5.78 Å². The predicted molar refractivity (Wildman–Crippen MR) is 96.1 cm³/mol. The van der Waals surface area contributed by atoms with Crippen molar-refractivity contribution in [3.05, 3.63) is 53.3 Å². The lowest BCUT2D eigenvalue weighted by Crippen LogP contribution is -2.06. The third-order valence-electron chi connectivity index (χ3n) is 4.42. The highest BCUT2D eigenvalue weighted by Gasteiger charge is 2.12. The topological polar surface area (TPSA) is 26.3 Å². The van der Waals surface area contributed by atoms with Crippen LogP contribution in [-0.4, -0.2) is 12.4 Å². The zero-order chi connectivity index (χ0) is 17.7. The van der Waals surface area contributed by atoms with Crippen LogP contribution in [0.3, 0.4) is 0 Å². The molecule has 0 amide bonds. The molecule has 2 aromatic rings. The molecule has 2 aromatic carbocycles. The first kappa shape index (κ1) is 18.2. The maximum absolute atomic E-state index is 13.3. The maximum atomic E-state index is 13.3. The van der Waals surface area contributed by atoms with Crippen LogP contribution in [0.15, 0.2) is 36.4 Å². The van der Waals surface area contributed by atoms with Crippen molar-refractivity contribution in [1.82, 2.24) is 0 Å². The van der Waals surface area contributed by atoms with Crippen LogP contribution in [0.2, 0.25) is 0 Å². The van der Waals surface area contributed by atoms with Gasteiger partial charge in [-0.25, -0.2) is 4.39 Å². The first-order valence-corrected chi connectivity index (χ1v) is 8.46. The second-order valence-electron chi connectivity index (χ2n) is 6.38. The lowest BCUT2D eigenvalue weighted by Gasteiger charge is -2.14. The lowest BCUT2D eigenvalue weighted by atomic mass is 9.97. The van der Waals surface area contributed by atoms with E-state index in [1.165, 1.54) is 19.1 Å². The Morgan fingerprint density at radius 3 is 2.58 bits per heavy atom. The fourth-order valence-corrected chi connectivity index (χ4v) is 2.62. The van der Waals surface area contributed by atoms with Gasteiger partial charge in [-0.2, -0.15) is 0 Å². The van der Waals surface area contributed by atoms with Crippen LogP contribution >= 0.6 is 0 Å². The SMILES string of the molecule is CCC(C)CCOc1ccc(-c2ccc(F)cc2C)cc1C(C)=O. The van der Waals surface area contributed by atoms with E-state index in [0.29, 0.717) is 23.8 Å². The third-order valence-corrected chi connectivity index (χ3v) is 4.42. The number of Topliss-reactive ketones (excluding diaryl/α,β-unsaturated/α-hetero) is 1. The Bertz CT molecular complexity index is 722. The molecule has 0 aliphatic heterocycles. The van der Waals surface area contributed by atoms with Gasteiger partial charge in [-0.05, 0) is 67.1 Å². The highest BCUT2D eigenvalue weighted by atomic mass is 19.1. The Labute approximate surface area is 143 Å². The van der Waals surface area contributed by atoms with E-state index in [-0.39, 0.29) is 11.6 Å². The number of ketones is 1. The fraction of sp³-hybridized carbons (Fsp3) is 0.381. The number of carbonyl (C=O) groups excluding carboxylic acids is 1. The largest absolute Gasteiger partial charge is 0.493 e. The van der Waals surface area contributed by atoms with E-state index < -0.39 is 0 Å². The summed E-state index contributed by atoms with van der Waals surface area (Å²) in [4.78, 5) is 12.0. The van der Waals surface area contributed by atoms with Crippen LogP contribution in [0.5, 0.6) is 5.75 Å². The van der Waals surface area contributed by atoms with E-state index in [2.05, 4.69) is 13.8 Å². The molecule has 0 N–H and O–H groups in total. The molecule has 3 heteroatoms. The minimum atomic E-state index is -0.256. The fourth-order valence-electron chi connectivity index (χ4n) is 2.62. The van der Waals surface area contributed by atoms with Gasteiger partial charge in [0, 0.05) is 0 Å². The molecule has 0 spiro atoms. The van der Waals surface area contributed by atoms with Crippen LogP contribution in [0.1, 0.15) is 49.5 Å². The molecule has 0 heterocycles. The predicted octanol–water partition coefficient (Wildman–Crippen LogP) is 5.82. The van der Waals surface area contributed by atoms with Gasteiger partial charge in [-0.1, -0.05) is 32.4 Å². The monoisotopic (exact) mass is 328 g/mol. The standard InChI is InChI=1S/C21H25FO2/c1-5-14(2)10-11-24-21-9-6-17(13-20(21)16(4)23)19-8-7-18(22)12-15(19)3/h6-9,12-14H,5,10-11H2,1-4H3. The minimum absolute atomic E-state index is 0.0323. The summed E-state index contributed by atoms with van der Waals surface area (Å²) < 4.78 is 19.1. The van der Waals surface area contributed by atoms with Gasteiger partial charge in [0.05, 0.1) is 12.2 Å². The summed E-state index contributed by atoms with van der Waals surface area (Å²) >= 11 is 0. The Balaban J connectivity index is 2.27. The van der Waals surface area contributed by atoms with Crippen molar-refractivity contribution >= 4 is 5.78 Å². The number of ether oxygens (including phenoxy) is 1. The van der Waals surface area contributed by atoms with E-state index >= 15 is 0 Å². The molecule has 0 saturated heterocycles. The molecular weight excluding hydrogens is 303 g/mol. The number of halogens is 1. The molecule has 2 nitrogen and oxygen atoms in total. The van der Waals surface area contributed by atoms with Crippen LogP contribution in [-0.2, 0) is 0 Å². The smallest absolute Gasteiger partial charge is 0.163 e. The molecule has 1 unspecified atom stereocenters. The van der Waals surface area contributed by atoms with Crippen molar-refractivity contribution in [2.75, 3.05) is 6.61 Å². The Morgan fingerprint density at radius 2 is 1.96 bits per heavy atom. The maximum Gasteiger partial charge on any atom is 0.163 e. The van der Waals surface area contributed by atoms with E-state index in [1.807, 2.05) is 25.1 Å². The lowest BCUT2D eigenvalue weighted by molar-refractivity contribution is 0.101. The molecule has 1 atom stereocenters. The van der Waals surface area contributed by atoms with Crippen molar-refractivity contribution in [2.45, 2.75) is 40.5 Å². The van der Waals surface area contributed by atoms with Crippen molar-refractivity contribution in [1.29, 1.82) is 0 Å². The quantitative estimate of drug-likeness (QED) is 0.599. The molecule has 0 saturated carbocycles. The molecule has 0 aliphatic carbocycles. The number of carbonyl (C=O) groups is 1. The molecule has 24 heavy (non-hydrogen) atoms. The third kappa shape index (κ3) is 4.44. The number of hydrogen-bond donors (Lipinski definition) is 0. The van der Waals surface area contributed by atoms with Gasteiger partial charge in [-0.3, -0.25) is 4.79 Å². The first-order valence-electron chi connectivity index (χ1n) is 8.46. The summed E-state index contributed by atoms with van der Waals surface area (Å²) in [6.07, 6.45) is 2.08. The number of aryl methyl sites for hydroxylation is 1. The molecule has 0 aromatic heterocycles. The average Bonchev–Trinajstić information content (AvgIpc) is 2.55. The van der Waals surface area contributed by atoms with Crippen molar-refractivity contribution in [3.8, 4) is 16.9 Å². The van der Waals surface area contributed by atoms with Gasteiger partial charge in [-0.15, -0.1) is 0 Å².